The third-order valence-electron chi connectivity index (χ3n) is 4.63. The molecule has 0 amide bonds. The Morgan fingerprint density at radius 2 is 1.63 bits per heavy atom. The van der Waals surface area contributed by atoms with Crippen molar-refractivity contribution in [3.05, 3.63) is 88.3 Å². The number of benzene rings is 3. The molecule has 0 fully saturated rings. The number of fused-ring (bicyclic) bond motifs is 3. The van der Waals surface area contributed by atoms with E-state index in [0.717, 1.165) is 16.3 Å². The second-order valence-corrected chi connectivity index (χ2v) is 6.54. The van der Waals surface area contributed by atoms with Crippen molar-refractivity contribution in [3.8, 4) is 5.75 Å². The van der Waals surface area contributed by atoms with Crippen molar-refractivity contribution < 1.29 is 13.9 Å². The van der Waals surface area contributed by atoms with Gasteiger partial charge in [0.2, 0.25) is 5.78 Å². The van der Waals surface area contributed by atoms with Gasteiger partial charge in [0.05, 0.1) is 5.39 Å². The van der Waals surface area contributed by atoms with Crippen molar-refractivity contribution in [2.24, 2.45) is 0 Å². The van der Waals surface area contributed by atoms with Gasteiger partial charge in [-0.3, -0.25) is 4.79 Å². The summed E-state index contributed by atoms with van der Waals surface area (Å²) >= 11 is 0. The van der Waals surface area contributed by atoms with Gasteiger partial charge in [0.15, 0.2) is 6.10 Å². The zero-order valence-electron chi connectivity index (χ0n) is 15.1. The molecule has 1 atom stereocenters. The van der Waals surface area contributed by atoms with Crippen LogP contribution in [0.2, 0.25) is 0 Å². The molecule has 0 N–H and O–H groups in total. The average Bonchev–Trinajstić information content (AvgIpc) is 2.68. The van der Waals surface area contributed by atoms with E-state index in [1.54, 1.807) is 31.2 Å². The van der Waals surface area contributed by atoms with Crippen LogP contribution in [0, 0.1) is 6.92 Å². The van der Waals surface area contributed by atoms with E-state index < -0.39 is 6.10 Å². The molecule has 1 unspecified atom stereocenters. The van der Waals surface area contributed by atoms with Crippen LogP contribution in [-0.2, 0) is 0 Å². The highest BCUT2D eigenvalue weighted by molar-refractivity contribution is 6.06. The first-order valence-corrected chi connectivity index (χ1v) is 8.77. The third kappa shape index (κ3) is 3.10. The third-order valence-corrected chi connectivity index (χ3v) is 4.63. The molecule has 4 rings (SSSR count). The topological polar surface area (TPSA) is 56.5 Å². The second-order valence-electron chi connectivity index (χ2n) is 6.54. The van der Waals surface area contributed by atoms with Crippen LogP contribution in [0.25, 0.3) is 21.7 Å². The fourth-order valence-corrected chi connectivity index (χ4v) is 3.35. The second kappa shape index (κ2) is 6.72. The lowest BCUT2D eigenvalue weighted by molar-refractivity contribution is 0.0818. The molecule has 1 aromatic heterocycles. The van der Waals surface area contributed by atoms with Crippen LogP contribution in [0.3, 0.4) is 0 Å². The number of ether oxygens (including phenoxy) is 1. The smallest absolute Gasteiger partial charge is 0.344 e. The summed E-state index contributed by atoms with van der Waals surface area (Å²) in [6.07, 6.45) is -0.656. The fourth-order valence-electron chi connectivity index (χ4n) is 3.35. The van der Waals surface area contributed by atoms with E-state index in [4.69, 9.17) is 9.15 Å². The van der Waals surface area contributed by atoms with E-state index in [-0.39, 0.29) is 11.4 Å². The van der Waals surface area contributed by atoms with Crippen LogP contribution in [0.5, 0.6) is 5.75 Å². The number of carbonyl (C=O) groups is 1. The molecule has 0 saturated heterocycles. The predicted molar refractivity (Wildman–Crippen MR) is 106 cm³/mol. The highest BCUT2D eigenvalue weighted by Gasteiger charge is 2.18. The molecule has 0 bridgehead atoms. The summed E-state index contributed by atoms with van der Waals surface area (Å²) in [6, 6.07) is 19.9. The van der Waals surface area contributed by atoms with E-state index in [0.29, 0.717) is 22.3 Å². The molecule has 1 heterocycles. The Bertz CT molecular complexity index is 1210. The Labute approximate surface area is 156 Å². The Balaban J connectivity index is 1.74. The Morgan fingerprint density at radius 1 is 0.963 bits per heavy atom. The fraction of sp³-hybridized carbons (Fsp3) is 0.130. The maximum atomic E-state index is 12.5. The van der Waals surface area contributed by atoms with Crippen LogP contribution in [0.1, 0.15) is 22.8 Å². The van der Waals surface area contributed by atoms with Gasteiger partial charge < -0.3 is 9.15 Å². The number of ketones is 1. The first kappa shape index (κ1) is 17.0. The number of aryl methyl sites for hydroxylation is 1. The summed E-state index contributed by atoms with van der Waals surface area (Å²) in [5.74, 6) is 0.392. The molecule has 27 heavy (non-hydrogen) atoms. The molecule has 3 aromatic carbocycles. The van der Waals surface area contributed by atoms with Gasteiger partial charge in [-0.1, -0.05) is 48.5 Å². The Morgan fingerprint density at radius 3 is 2.37 bits per heavy atom. The highest BCUT2D eigenvalue weighted by atomic mass is 16.5. The number of carbonyl (C=O) groups excluding carboxylic acids is 1. The van der Waals surface area contributed by atoms with Crippen molar-refractivity contribution in [1.82, 2.24) is 0 Å². The SMILES string of the molecule is Cc1cc(OC(C)C(=O)c2ccccc2)cc2oc(=O)c3ccccc3c12. The van der Waals surface area contributed by atoms with Gasteiger partial charge >= 0.3 is 5.63 Å². The van der Waals surface area contributed by atoms with E-state index >= 15 is 0 Å². The summed E-state index contributed by atoms with van der Waals surface area (Å²) in [5, 5.41) is 2.27. The molecule has 0 radical (unpaired) electrons. The van der Waals surface area contributed by atoms with E-state index in [2.05, 4.69) is 0 Å². The zero-order valence-corrected chi connectivity index (χ0v) is 15.1. The average molecular weight is 358 g/mol. The van der Waals surface area contributed by atoms with Gasteiger partial charge in [0.1, 0.15) is 11.3 Å². The number of hydrogen-bond donors (Lipinski definition) is 0. The molecular formula is C23H18O4. The zero-order chi connectivity index (χ0) is 19.0. The molecule has 0 aliphatic rings. The van der Waals surface area contributed by atoms with Crippen molar-refractivity contribution in [2.45, 2.75) is 20.0 Å². The van der Waals surface area contributed by atoms with E-state index in [9.17, 15) is 9.59 Å². The first-order valence-electron chi connectivity index (χ1n) is 8.77. The minimum absolute atomic E-state index is 0.103. The Kier molecular flexibility index (Phi) is 4.24. The summed E-state index contributed by atoms with van der Waals surface area (Å²) in [5.41, 5.74) is 1.58. The summed E-state index contributed by atoms with van der Waals surface area (Å²) in [4.78, 5) is 24.8. The normalized spacial score (nSPS) is 12.2. The van der Waals surface area contributed by atoms with Gasteiger partial charge in [-0.15, -0.1) is 0 Å². The van der Waals surface area contributed by atoms with Gasteiger partial charge in [0.25, 0.3) is 0 Å². The summed E-state index contributed by atoms with van der Waals surface area (Å²) in [7, 11) is 0. The van der Waals surface area contributed by atoms with E-state index in [1.807, 2.05) is 49.4 Å². The quantitative estimate of drug-likeness (QED) is 0.296. The van der Waals surface area contributed by atoms with Crippen molar-refractivity contribution in [1.29, 1.82) is 0 Å². The van der Waals surface area contributed by atoms with E-state index in [1.165, 1.54) is 0 Å². The minimum Gasteiger partial charge on any atom is -0.482 e. The lowest BCUT2D eigenvalue weighted by Gasteiger charge is -2.15. The van der Waals surface area contributed by atoms with Crippen LogP contribution < -0.4 is 10.4 Å². The molecule has 0 aliphatic carbocycles. The highest BCUT2D eigenvalue weighted by Crippen LogP contribution is 2.30. The van der Waals surface area contributed by atoms with Crippen LogP contribution in [0.4, 0.5) is 0 Å². The summed E-state index contributed by atoms with van der Waals surface area (Å²) < 4.78 is 11.4. The van der Waals surface area contributed by atoms with Gasteiger partial charge in [-0.25, -0.2) is 4.79 Å². The van der Waals surface area contributed by atoms with Gasteiger partial charge in [-0.2, -0.15) is 0 Å². The molecule has 134 valence electrons. The number of hydrogen-bond acceptors (Lipinski definition) is 4. The van der Waals surface area contributed by atoms with Crippen LogP contribution in [-0.4, -0.2) is 11.9 Å². The monoisotopic (exact) mass is 358 g/mol. The predicted octanol–water partition coefficient (Wildman–Crippen LogP) is 4.90. The molecular weight excluding hydrogens is 340 g/mol. The number of rotatable bonds is 4. The molecule has 0 aliphatic heterocycles. The maximum absolute atomic E-state index is 12.5. The van der Waals surface area contributed by atoms with Gasteiger partial charge in [-0.05, 0) is 31.5 Å². The lowest BCUT2D eigenvalue weighted by Crippen LogP contribution is -2.23. The maximum Gasteiger partial charge on any atom is 0.344 e. The molecule has 0 spiro atoms. The van der Waals surface area contributed by atoms with Crippen molar-refractivity contribution in [3.63, 3.8) is 0 Å². The Hall–Kier alpha value is -3.40. The van der Waals surface area contributed by atoms with Crippen LogP contribution >= 0.6 is 0 Å². The van der Waals surface area contributed by atoms with Crippen LogP contribution in [0.15, 0.2) is 75.9 Å². The van der Waals surface area contributed by atoms with Gasteiger partial charge in [0, 0.05) is 22.4 Å². The molecule has 4 heteroatoms. The largest absolute Gasteiger partial charge is 0.482 e. The number of Topliss-reactive ketones (excluding diaryl/α,β-unsaturated/α-hetero) is 1. The molecule has 4 nitrogen and oxygen atoms in total. The lowest BCUT2D eigenvalue weighted by atomic mass is 10.0. The summed E-state index contributed by atoms with van der Waals surface area (Å²) in [6.45, 7) is 3.65. The van der Waals surface area contributed by atoms with Crippen molar-refractivity contribution >= 4 is 27.5 Å². The minimum atomic E-state index is -0.656. The molecule has 4 aromatic rings. The standard InChI is InChI=1S/C23H18O4/c1-14-12-17(26-15(2)22(24)16-8-4-3-5-9-16)13-20-21(14)18-10-6-7-11-19(18)23(25)27-20/h3-13,15H,1-2H3. The first-order chi connectivity index (χ1) is 13.0. The molecule has 0 saturated carbocycles. The van der Waals surface area contributed by atoms with Crippen molar-refractivity contribution in [2.75, 3.05) is 0 Å².